The Kier molecular flexibility index (Phi) is 4.88. The van der Waals surface area contributed by atoms with Crippen LogP contribution in [0.3, 0.4) is 0 Å². The van der Waals surface area contributed by atoms with Crippen molar-refractivity contribution in [2.24, 2.45) is 0 Å². The summed E-state index contributed by atoms with van der Waals surface area (Å²) in [5.74, 6) is 7.30. The predicted molar refractivity (Wildman–Crippen MR) is 96.5 cm³/mol. The van der Waals surface area contributed by atoms with Gasteiger partial charge in [0.15, 0.2) is 5.65 Å². The number of fused-ring (bicyclic) bond motifs is 1. The molecule has 0 bridgehead atoms. The van der Waals surface area contributed by atoms with Crippen molar-refractivity contribution in [3.8, 4) is 23.2 Å². The molecule has 0 unspecified atom stereocenters. The van der Waals surface area contributed by atoms with Gasteiger partial charge in [-0.2, -0.15) is 0 Å². The highest BCUT2D eigenvalue weighted by atomic mass is 15.1. The summed E-state index contributed by atoms with van der Waals surface area (Å²) < 4.78 is 0. The average Bonchev–Trinajstić information content (AvgIpc) is 3.02. The Balaban J connectivity index is 1.83. The summed E-state index contributed by atoms with van der Waals surface area (Å²) in [6.07, 6.45) is 3.25. The van der Waals surface area contributed by atoms with Gasteiger partial charge < -0.3 is 4.98 Å². The first kappa shape index (κ1) is 16.2. The van der Waals surface area contributed by atoms with Crippen LogP contribution in [-0.4, -0.2) is 44.5 Å². The largest absolute Gasteiger partial charge is 0.335 e. The van der Waals surface area contributed by atoms with E-state index in [-0.39, 0.29) is 0 Å². The van der Waals surface area contributed by atoms with Crippen molar-refractivity contribution in [3.63, 3.8) is 0 Å². The second-order valence-electron chi connectivity index (χ2n) is 5.64. The van der Waals surface area contributed by atoms with E-state index in [1.807, 2.05) is 6.07 Å². The molecule has 0 saturated heterocycles. The lowest BCUT2D eigenvalue weighted by Gasteiger charge is -2.13. The Morgan fingerprint density at radius 3 is 2.75 bits per heavy atom. The van der Waals surface area contributed by atoms with Crippen molar-refractivity contribution in [2.45, 2.75) is 20.8 Å². The highest BCUT2D eigenvalue weighted by Gasteiger charge is 2.08. The maximum atomic E-state index is 4.53. The number of hydrogen-bond acceptors (Lipinski definition) is 4. The quantitative estimate of drug-likeness (QED) is 0.751. The summed E-state index contributed by atoms with van der Waals surface area (Å²) in [5, 5.41) is 0. The summed E-state index contributed by atoms with van der Waals surface area (Å²) in [6, 6.07) is 6.20. The standard InChI is InChI=1S/C19H21N5/c1-4-24(5-2)10-6-7-15-8-9-16(14(3)11-15)18-22-17-12-20-13-21-19(17)23-18/h8-9,11-13H,4-5,10H2,1-3H3,(H,20,21,22,23). The molecule has 0 atom stereocenters. The minimum Gasteiger partial charge on any atom is -0.335 e. The van der Waals surface area contributed by atoms with Gasteiger partial charge in [-0.25, -0.2) is 15.0 Å². The fraction of sp³-hybridized carbons (Fsp3) is 0.316. The number of hydrogen-bond donors (Lipinski definition) is 1. The SMILES string of the molecule is CCN(CC)CC#Cc1ccc(-c2nc3ncncc3[nH]2)c(C)c1. The summed E-state index contributed by atoms with van der Waals surface area (Å²) in [5.41, 5.74) is 4.75. The van der Waals surface area contributed by atoms with Gasteiger partial charge in [0.05, 0.1) is 12.7 Å². The fourth-order valence-corrected chi connectivity index (χ4v) is 2.60. The van der Waals surface area contributed by atoms with Crippen LogP contribution in [0.2, 0.25) is 0 Å². The lowest BCUT2D eigenvalue weighted by atomic mass is 10.0. The zero-order valence-electron chi connectivity index (χ0n) is 14.3. The Labute approximate surface area is 142 Å². The third-order valence-electron chi connectivity index (χ3n) is 4.07. The van der Waals surface area contributed by atoms with Crippen LogP contribution in [0.15, 0.2) is 30.7 Å². The third kappa shape index (κ3) is 3.44. The molecule has 2 heterocycles. The number of aromatic nitrogens is 4. The zero-order chi connectivity index (χ0) is 16.9. The Morgan fingerprint density at radius 1 is 1.21 bits per heavy atom. The maximum Gasteiger partial charge on any atom is 0.181 e. The molecular formula is C19H21N5. The highest BCUT2D eigenvalue weighted by Crippen LogP contribution is 2.23. The van der Waals surface area contributed by atoms with E-state index in [4.69, 9.17) is 0 Å². The summed E-state index contributed by atoms with van der Waals surface area (Å²) in [7, 11) is 0. The van der Waals surface area contributed by atoms with Crippen LogP contribution < -0.4 is 0 Å². The number of aromatic amines is 1. The van der Waals surface area contributed by atoms with E-state index in [1.54, 1.807) is 6.20 Å². The van der Waals surface area contributed by atoms with E-state index in [0.717, 1.165) is 47.7 Å². The normalized spacial score (nSPS) is 10.8. The molecule has 122 valence electrons. The number of H-pyrrole nitrogens is 1. The molecule has 0 radical (unpaired) electrons. The molecule has 0 saturated carbocycles. The Hall–Kier alpha value is -2.71. The molecule has 3 rings (SSSR count). The number of nitrogens with one attached hydrogen (secondary N) is 1. The zero-order valence-corrected chi connectivity index (χ0v) is 14.3. The summed E-state index contributed by atoms with van der Waals surface area (Å²) in [6.45, 7) is 9.24. The second-order valence-corrected chi connectivity index (χ2v) is 5.64. The second kappa shape index (κ2) is 7.24. The first-order valence-electron chi connectivity index (χ1n) is 8.19. The monoisotopic (exact) mass is 319 g/mol. The molecular weight excluding hydrogens is 298 g/mol. The van der Waals surface area contributed by atoms with Gasteiger partial charge in [0.1, 0.15) is 17.7 Å². The van der Waals surface area contributed by atoms with E-state index in [2.05, 4.69) is 69.6 Å². The Morgan fingerprint density at radius 2 is 2.04 bits per heavy atom. The van der Waals surface area contributed by atoms with Gasteiger partial charge in [0, 0.05) is 11.1 Å². The fourth-order valence-electron chi connectivity index (χ4n) is 2.60. The van der Waals surface area contributed by atoms with Crippen molar-refractivity contribution in [3.05, 3.63) is 41.9 Å². The topological polar surface area (TPSA) is 57.7 Å². The smallest absolute Gasteiger partial charge is 0.181 e. The van der Waals surface area contributed by atoms with Crippen molar-refractivity contribution in [1.82, 2.24) is 24.8 Å². The summed E-state index contributed by atoms with van der Waals surface area (Å²) in [4.78, 5) is 18.3. The number of benzene rings is 1. The predicted octanol–water partition coefficient (Wildman–Crippen LogP) is 3.02. The molecule has 1 aromatic carbocycles. The van der Waals surface area contributed by atoms with Crippen LogP contribution in [0.4, 0.5) is 0 Å². The van der Waals surface area contributed by atoms with Gasteiger partial charge in [-0.15, -0.1) is 0 Å². The molecule has 1 N–H and O–H groups in total. The molecule has 24 heavy (non-hydrogen) atoms. The van der Waals surface area contributed by atoms with E-state index in [0.29, 0.717) is 5.65 Å². The number of aryl methyl sites for hydroxylation is 1. The highest BCUT2D eigenvalue weighted by molar-refractivity contribution is 5.76. The molecule has 0 spiro atoms. The van der Waals surface area contributed by atoms with Gasteiger partial charge in [-0.1, -0.05) is 25.7 Å². The van der Waals surface area contributed by atoms with Crippen LogP contribution in [0, 0.1) is 18.8 Å². The van der Waals surface area contributed by atoms with Crippen molar-refractivity contribution in [1.29, 1.82) is 0 Å². The van der Waals surface area contributed by atoms with Crippen molar-refractivity contribution in [2.75, 3.05) is 19.6 Å². The minimum absolute atomic E-state index is 0.683. The minimum atomic E-state index is 0.683. The summed E-state index contributed by atoms with van der Waals surface area (Å²) >= 11 is 0. The first-order valence-corrected chi connectivity index (χ1v) is 8.19. The third-order valence-corrected chi connectivity index (χ3v) is 4.07. The molecule has 5 nitrogen and oxygen atoms in total. The maximum absolute atomic E-state index is 4.53. The van der Waals surface area contributed by atoms with Gasteiger partial charge in [-0.3, -0.25) is 4.90 Å². The van der Waals surface area contributed by atoms with Crippen LogP contribution in [0.1, 0.15) is 25.0 Å². The van der Waals surface area contributed by atoms with Crippen LogP contribution >= 0.6 is 0 Å². The van der Waals surface area contributed by atoms with Crippen LogP contribution in [-0.2, 0) is 0 Å². The van der Waals surface area contributed by atoms with Gasteiger partial charge in [0.2, 0.25) is 0 Å². The molecule has 0 aliphatic rings. The molecule has 0 aliphatic carbocycles. The van der Waals surface area contributed by atoms with Gasteiger partial charge >= 0.3 is 0 Å². The number of rotatable bonds is 4. The average molecular weight is 319 g/mol. The van der Waals surface area contributed by atoms with Crippen molar-refractivity contribution >= 4 is 11.2 Å². The molecule has 0 fully saturated rings. The number of nitrogens with zero attached hydrogens (tertiary/aromatic N) is 4. The Bertz CT molecular complexity index is 864. The lowest BCUT2D eigenvalue weighted by Crippen LogP contribution is -2.22. The van der Waals surface area contributed by atoms with E-state index < -0.39 is 0 Å². The van der Waals surface area contributed by atoms with E-state index >= 15 is 0 Å². The lowest BCUT2D eigenvalue weighted by molar-refractivity contribution is 0.342. The first-order chi connectivity index (χ1) is 11.7. The van der Waals surface area contributed by atoms with E-state index in [9.17, 15) is 0 Å². The van der Waals surface area contributed by atoms with E-state index in [1.165, 1.54) is 6.33 Å². The van der Waals surface area contributed by atoms with Crippen LogP contribution in [0.5, 0.6) is 0 Å². The molecule has 0 aliphatic heterocycles. The van der Waals surface area contributed by atoms with Crippen molar-refractivity contribution < 1.29 is 0 Å². The number of imidazole rings is 1. The molecule has 2 aromatic heterocycles. The van der Waals surface area contributed by atoms with Gasteiger partial charge in [-0.05, 0) is 43.8 Å². The van der Waals surface area contributed by atoms with Gasteiger partial charge in [0.25, 0.3) is 0 Å². The molecule has 3 aromatic rings. The molecule has 5 heteroatoms. The van der Waals surface area contributed by atoms with Crippen LogP contribution in [0.25, 0.3) is 22.6 Å². The molecule has 0 amide bonds.